The predicted molar refractivity (Wildman–Crippen MR) is 82.2 cm³/mol. The van der Waals surface area contributed by atoms with Crippen LogP contribution in [0, 0.1) is 5.92 Å². The molecule has 1 aromatic carbocycles. The first-order chi connectivity index (χ1) is 10.8. The molecule has 1 fully saturated rings. The van der Waals surface area contributed by atoms with Crippen LogP contribution in [0.4, 0.5) is 13.2 Å². The van der Waals surface area contributed by atoms with E-state index in [2.05, 4.69) is 4.90 Å². The second-order valence-electron chi connectivity index (χ2n) is 6.33. The molecule has 1 aromatic rings. The van der Waals surface area contributed by atoms with Gasteiger partial charge in [-0.1, -0.05) is 12.1 Å². The molecule has 0 amide bonds. The van der Waals surface area contributed by atoms with E-state index in [1.165, 1.54) is 12.1 Å². The number of rotatable bonds is 6. The van der Waals surface area contributed by atoms with Gasteiger partial charge < -0.3 is 14.7 Å². The molecule has 130 valence electrons. The Kier molecular flexibility index (Phi) is 6.44. The number of nitrogens with zero attached hydrogens (tertiary/aromatic N) is 1. The Morgan fingerprint density at radius 2 is 1.83 bits per heavy atom. The average molecular weight is 331 g/mol. The molecule has 0 aliphatic carbocycles. The highest BCUT2D eigenvalue weighted by Crippen LogP contribution is 2.29. The summed E-state index contributed by atoms with van der Waals surface area (Å²) in [5.41, 5.74) is 0.0531. The van der Waals surface area contributed by atoms with Crippen LogP contribution in [0.5, 0.6) is 0 Å². The Labute approximate surface area is 135 Å². The summed E-state index contributed by atoms with van der Waals surface area (Å²) in [6.07, 6.45) is -2.47. The third-order valence-electron chi connectivity index (χ3n) is 4.19. The molecule has 1 atom stereocenters. The van der Waals surface area contributed by atoms with E-state index in [1.807, 2.05) is 7.05 Å². The first-order valence-corrected chi connectivity index (χ1v) is 7.95. The van der Waals surface area contributed by atoms with Crippen molar-refractivity contribution < 1.29 is 23.0 Å². The van der Waals surface area contributed by atoms with Gasteiger partial charge in [-0.15, -0.1) is 0 Å². The van der Waals surface area contributed by atoms with Crippen LogP contribution in [0.2, 0.25) is 0 Å². The summed E-state index contributed by atoms with van der Waals surface area (Å²) in [4.78, 5) is 2.09. The number of alkyl halides is 3. The molecule has 3 nitrogen and oxygen atoms in total. The van der Waals surface area contributed by atoms with Crippen molar-refractivity contribution in [2.75, 3.05) is 33.4 Å². The van der Waals surface area contributed by atoms with Gasteiger partial charge in [-0.05, 0) is 49.9 Å². The number of halogens is 3. The zero-order valence-corrected chi connectivity index (χ0v) is 13.4. The van der Waals surface area contributed by atoms with Crippen molar-refractivity contribution in [3.05, 3.63) is 35.4 Å². The fraction of sp³-hybridized carbons (Fsp3) is 0.647. The van der Waals surface area contributed by atoms with E-state index in [-0.39, 0.29) is 0 Å². The second kappa shape index (κ2) is 8.13. The minimum absolute atomic E-state index is 0.357. The summed E-state index contributed by atoms with van der Waals surface area (Å²) in [6.45, 7) is 3.02. The van der Waals surface area contributed by atoms with Crippen LogP contribution in [-0.4, -0.2) is 49.5 Å². The van der Waals surface area contributed by atoms with Gasteiger partial charge in [0.15, 0.2) is 0 Å². The van der Waals surface area contributed by atoms with Crippen molar-refractivity contribution >= 4 is 0 Å². The van der Waals surface area contributed by atoms with Gasteiger partial charge in [0, 0.05) is 26.3 Å². The maximum Gasteiger partial charge on any atom is 0.416 e. The van der Waals surface area contributed by atoms with Crippen LogP contribution in [0.3, 0.4) is 0 Å². The number of aliphatic hydroxyl groups is 1. The molecule has 0 spiro atoms. The molecule has 0 aromatic heterocycles. The Balaban J connectivity index is 1.78. The van der Waals surface area contributed by atoms with Crippen LogP contribution >= 0.6 is 0 Å². The topological polar surface area (TPSA) is 32.7 Å². The van der Waals surface area contributed by atoms with Gasteiger partial charge >= 0.3 is 6.18 Å². The predicted octanol–water partition coefficient (Wildman–Crippen LogP) is 2.97. The standard InChI is InChI=1S/C17H24F3NO2/c1-21(11-14-6-8-23-9-7-14)12-16(22)10-13-2-4-15(5-3-13)17(18,19)20/h2-5,14,16,22H,6-12H2,1H3. The summed E-state index contributed by atoms with van der Waals surface area (Å²) in [7, 11) is 1.96. The lowest BCUT2D eigenvalue weighted by atomic mass is 9.99. The van der Waals surface area contributed by atoms with E-state index in [9.17, 15) is 18.3 Å². The van der Waals surface area contributed by atoms with Crippen molar-refractivity contribution in [1.82, 2.24) is 4.90 Å². The van der Waals surface area contributed by atoms with Gasteiger partial charge in [0.25, 0.3) is 0 Å². The minimum Gasteiger partial charge on any atom is -0.391 e. The molecule has 23 heavy (non-hydrogen) atoms. The molecule has 1 saturated heterocycles. The van der Waals surface area contributed by atoms with Crippen LogP contribution in [-0.2, 0) is 17.3 Å². The molecule has 2 rings (SSSR count). The largest absolute Gasteiger partial charge is 0.416 e. The van der Waals surface area contributed by atoms with Crippen molar-refractivity contribution in [2.45, 2.75) is 31.5 Å². The average Bonchev–Trinajstić information content (AvgIpc) is 2.47. The zero-order valence-electron chi connectivity index (χ0n) is 13.4. The highest BCUT2D eigenvalue weighted by molar-refractivity contribution is 5.25. The van der Waals surface area contributed by atoms with E-state index >= 15 is 0 Å². The SMILES string of the molecule is CN(CC(O)Cc1ccc(C(F)(F)F)cc1)CC1CCOCC1. The number of benzene rings is 1. The number of aliphatic hydroxyl groups excluding tert-OH is 1. The van der Waals surface area contributed by atoms with E-state index in [1.54, 1.807) is 0 Å². The molecule has 1 aliphatic rings. The fourth-order valence-electron chi connectivity index (χ4n) is 2.97. The van der Waals surface area contributed by atoms with E-state index < -0.39 is 17.8 Å². The van der Waals surface area contributed by atoms with Crippen molar-refractivity contribution in [3.8, 4) is 0 Å². The molecule has 0 saturated carbocycles. The Morgan fingerprint density at radius 1 is 1.22 bits per heavy atom. The number of hydrogen-bond acceptors (Lipinski definition) is 3. The molecule has 1 heterocycles. The van der Waals surface area contributed by atoms with Crippen LogP contribution < -0.4 is 0 Å². The maximum atomic E-state index is 12.5. The monoisotopic (exact) mass is 331 g/mol. The first kappa shape index (κ1) is 18.2. The quantitative estimate of drug-likeness (QED) is 0.870. The number of hydrogen-bond donors (Lipinski definition) is 1. The van der Waals surface area contributed by atoms with E-state index in [4.69, 9.17) is 4.74 Å². The summed E-state index contributed by atoms with van der Waals surface area (Å²) in [6, 6.07) is 5.00. The summed E-state index contributed by atoms with van der Waals surface area (Å²) in [5.74, 6) is 0.590. The minimum atomic E-state index is -4.32. The van der Waals surface area contributed by atoms with E-state index in [0.29, 0.717) is 24.4 Å². The van der Waals surface area contributed by atoms with Gasteiger partial charge in [0.2, 0.25) is 0 Å². The van der Waals surface area contributed by atoms with Gasteiger partial charge in [-0.25, -0.2) is 0 Å². The molecule has 6 heteroatoms. The normalized spacial score (nSPS) is 18.3. The maximum absolute atomic E-state index is 12.5. The van der Waals surface area contributed by atoms with Gasteiger partial charge in [0.1, 0.15) is 0 Å². The lowest BCUT2D eigenvalue weighted by Crippen LogP contribution is -2.35. The molecular weight excluding hydrogens is 307 g/mol. The molecule has 0 bridgehead atoms. The highest BCUT2D eigenvalue weighted by Gasteiger charge is 2.30. The molecular formula is C17H24F3NO2. The van der Waals surface area contributed by atoms with Crippen molar-refractivity contribution in [1.29, 1.82) is 0 Å². The number of likely N-dealkylation sites (N-methyl/N-ethyl adjacent to an activating group) is 1. The Bertz CT molecular complexity index is 470. The van der Waals surface area contributed by atoms with Crippen LogP contribution in [0.1, 0.15) is 24.0 Å². The lowest BCUT2D eigenvalue weighted by Gasteiger charge is -2.28. The van der Waals surface area contributed by atoms with Crippen LogP contribution in [0.15, 0.2) is 24.3 Å². The molecule has 1 aliphatic heterocycles. The van der Waals surface area contributed by atoms with Gasteiger partial charge in [-0.3, -0.25) is 0 Å². The summed E-state index contributed by atoms with van der Waals surface area (Å²) >= 11 is 0. The third-order valence-corrected chi connectivity index (χ3v) is 4.19. The smallest absolute Gasteiger partial charge is 0.391 e. The first-order valence-electron chi connectivity index (χ1n) is 7.95. The summed E-state index contributed by atoms with van der Waals surface area (Å²) in [5, 5.41) is 10.1. The van der Waals surface area contributed by atoms with Gasteiger partial charge in [-0.2, -0.15) is 13.2 Å². The van der Waals surface area contributed by atoms with Crippen molar-refractivity contribution in [2.24, 2.45) is 5.92 Å². The fourth-order valence-corrected chi connectivity index (χ4v) is 2.97. The highest BCUT2D eigenvalue weighted by atomic mass is 19.4. The number of ether oxygens (including phenoxy) is 1. The lowest BCUT2D eigenvalue weighted by molar-refractivity contribution is -0.137. The Morgan fingerprint density at radius 3 is 2.39 bits per heavy atom. The van der Waals surface area contributed by atoms with Gasteiger partial charge in [0.05, 0.1) is 11.7 Å². The molecule has 1 N–H and O–H groups in total. The van der Waals surface area contributed by atoms with E-state index in [0.717, 1.165) is 44.7 Å². The molecule has 1 unspecified atom stereocenters. The van der Waals surface area contributed by atoms with Crippen LogP contribution in [0.25, 0.3) is 0 Å². The summed E-state index contributed by atoms with van der Waals surface area (Å²) < 4.78 is 42.9. The zero-order chi connectivity index (χ0) is 16.9. The second-order valence-corrected chi connectivity index (χ2v) is 6.33. The Hall–Kier alpha value is -1.11. The van der Waals surface area contributed by atoms with Crippen molar-refractivity contribution in [3.63, 3.8) is 0 Å². The molecule has 0 radical (unpaired) electrons. The third kappa shape index (κ3) is 6.12.